The van der Waals surface area contributed by atoms with E-state index < -0.39 is 0 Å². The smallest absolute Gasteiger partial charge is 0.230 e. The van der Waals surface area contributed by atoms with E-state index in [2.05, 4.69) is 48.7 Å². The summed E-state index contributed by atoms with van der Waals surface area (Å²) in [5, 5.41) is 6.27. The molecule has 0 aliphatic heterocycles. The van der Waals surface area contributed by atoms with Gasteiger partial charge in [-0.1, -0.05) is 19.1 Å². The minimum absolute atomic E-state index is 0.0881. The molecule has 0 fully saturated rings. The Balaban J connectivity index is 2.46. The summed E-state index contributed by atoms with van der Waals surface area (Å²) in [7, 11) is 0. The highest BCUT2D eigenvalue weighted by atomic mass is 32.2. The van der Waals surface area contributed by atoms with E-state index in [9.17, 15) is 4.79 Å². The molecule has 3 nitrogen and oxygen atoms in total. The maximum Gasteiger partial charge on any atom is 0.230 e. The molecule has 0 saturated heterocycles. The average molecular weight is 280 g/mol. The van der Waals surface area contributed by atoms with Crippen molar-refractivity contribution in [2.24, 2.45) is 0 Å². The van der Waals surface area contributed by atoms with Gasteiger partial charge in [-0.25, -0.2) is 0 Å². The number of rotatable bonds is 7. The van der Waals surface area contributed by atoms with E-state index in [1.54, 1.807) is 11.8 Å². The molecule has 0 aliphatic rings. The number of hydrogen-bond acceptors (Lipinski definition) is 3. The van der Waals surface area contributed by atoms with Gasteiger partial charge in [0.15, 0.2) is 0 Å². The monoisotopic (exact) mass is 280 g/mol. The van der Waals surface area contributed by atoms with Crippen LogP contribution in [0.4, 0.5) is 0 Å². The number of amides is 1. The second-order valence-electron chi connectivity index (χ2n) is 4.86. The maximum atomic E-state index is 11.5. The van der Waals surface area contributed by atoms with E-state index in [4.69, 9.17) is 0 Å². The molecule has 19 heavy (non-hydrogen) atoms. The molecule has 1 aromatic carbocycles. The second kappa shape index (κ2) is 8.23. The van der Waals surface area contributed by atoms with Gasteiger partial charge in [-0.05, 0) is 45.0 Å². The zero-order chi connectivity index (χ0) is 14.3. The van der Waals surface area contributed by atoms with E-state index in [0.717, 1.165) is 11.4 Å². The van der Waals surface area contributed by atoms with Crippen LogP contribution in [0, 0.1) is 0 Å². The van der Waals surface area contributed by atoms with E-state index in [-0.39, 0.29) is 11.9 Å². The van der Waals surface area contributed by atoms with Crippen LogP contribution >= 0.6 is 11.8 Å². The highest BCUT2D eigenvalue weighted by molar-refractivity contribution is 8.00. The first-order valence-electron chi connectivity index (χ1n) is 6.78. The SMILES string of the molecule is CCNC(C)c1ccc(SCC(=O)NC(C)C)cc1. The van der Waals surface area contributed by atoms with Gasteiger partial charge in [0.25, 0.3) is 0 Å². The Morgan fingerprint density at radius 3 is 2.37 bits per heavy atom. The Morgan fingerprint density at radius 1 is 1.21 bits per heavy atom. The van der Waals surface area contributed by atoms with Crippen LogP contribution in [0.3, 0.4) is 0 Å². The fourth-order valence-corrected chi connectivity index (χ4v) is 2.50. The van der Waals surface area contributed by atoms with Gasteiger partial charge in [-0.3, -0.25) is 4.79 Å². The molecule has 0 heterocycles. The molecule has 0 saturated carbocycles. The minimum atomic E-state index is 0.0881. The van der Waals surface area contributed by atoms with Crippen molar-refractivity contribution in [1.82, 2.24) is 10.6 Å². The number of carbonyl (C=O) groups is 1. The Hall–Kier alpha value is -1.00. The van der Waals surface area contributed by atoms with Crippen LogP contribution in [-0.2, 0) is 4.79 Å². The summed E-state index contributed by atoms with van der Waals surface area (Å²) in [5.41, 5.74) is 1.28. The van der Waals surface area contributed by atoms with Crippen LogP contribution in [0.5, 0.6) is 0 Å². The summed E-state index contributed by atoms with van der Waals surface area (Å²) in [6.07, 6.45) is 0. The zero-order valence-corrected chi connectivity index (χ0v) is 13.0. The van der Waals surface area contributed by atoms with E-state index in [1.807, 2.05) is 13.8 Å². The summed E-state index contributed by atoms with van der Waals surface area (Å²) in [5.74, 6) is 0.561. The quantitative estimate of drug-likeness (QED) is 0.755. The summed E-state index contributed by atoms with van der Waals surface area (Å²) in [6.45, 7) is 9.17. The predicted octanol–water partition coefficient (Wildman–Crippen LogP) is 2.97. The first kappa shape index (κ1) is 16.1. The predicted molar refractivity (Wildman–Crippen MR) is 82.5 cm³/mol. The molecule has 1 aromatic rings. The molecule has 0 bridgehead atoms. The van der Waals surface area contributed by atoms with Gasteiger partial charge in [0.05, 0.1) is 5.75 Å². The van der Waals surface area contributed by atoms with Crippen LogP contribution in [0.15, 0.2) is 29.2 Å². The minimum Gasteiger partial charge on any atom is -0.353 e. The molecule has 1 atom stereocenters. The van der Waals surface area contributed by atoms with Gasteiger partial charge < -0.3 is 10.6 Å². The van der Waals surface area contributed by atoms with Crippen LogP contribution in [0.25, 0.3) is 0 Å². The van der Waals surface area contributed by atoms with Crippen LogP contribution < -0.4 is 10.6 Å². The van der Waals surface area contributed by atoms with Crippen molar-refractivity contribution >= 4 is 17.7 Å². The van der Waals surface area contributed by atoms with Crippen LogP contribution in [-0.4, -0.2) is 24.2 Å². The molecule has 106 valence electrons. The van der Waals surface area contributed by atoms with Gasteiger partial charge in [0.1, 0.15) is 0 Å². The number of nitrogens with one attached hydrogen (secondary N) is 2. The summed E-state index contributed by atoms with van der Waals surface area (Å²) < 4.78 is 0. The second-order valence-corrected chi connectivity index (χ2v) is 5.91. The molecule has 0 aliphatic carbocycles. The van der Waals surface area contributed by atoms with Crippen molar-refractivity contribution in [3.63, 3.8) is 0 Å². The lowest BCUT2D eigenvalue weighted by Crippen LogP contribution is -2.31. The fourth-order valence-electron chi connectivity index (χ4n) is 1.79. The first-order chi connectivity index (χ1) is 9.02. The largest absolute Gasteiger partial charge is 0.353 e. The number of hydrogen-bond donors (Lipinski definition) is 2. The molecule has 2 N–H and O–H groups in total. The average Bonchev–Trinajstić information content (AvgIpc) is 2.36. The van der Waals surface area contributed by atoms with Gasteiger partial charge in [-0.2, -0.15) is 0 Å². The molecule has 0 spiro atoms. The summed E-state index contributed by atoms with van der Waals surface area (Å²) in [4.78, 5) is 12.7. The number of thioether (sulfide) groups is 1. The van der Waals surface area contributed by atoms with Gasteiger partial charge in [0, 0.05) is 17.0 Å². The Labute approximate surface area is 120 Å². The highest BCUT2D eigenvalue weighted by Crippen LogP contribution is 2.20. The Bertz CT molecular complexity index is 390. The van der Waals surface area contributed by atoms with Crippen molar-refractivity contribution in [2.75, 3.05) is 12.3 Å². The summed E-state index contributed by atoms with van der Waals surface area (Å²) in [6, 6.07) is 8.98. The number of benzene rings is 1. The van der Waals surface area contributed by atoms with Gasteiger partial charge in [0.2, 0.25) is 5.91 Å². The zero-order valence-electron chi connectivity index (χ0n) is 12.2. The third-order valence-electron chi connectivity index (χ3n) is 2.71. The lowest BCUT2D eigenvalue weighted by molar-refractivity contribution is -0.119. The standard InChI is InChI=1S/C15H24N2OS/c1-5-16-12(4)13-6-8-14(9-7-13)19-10-15(18)17-11(2)3/h6-9,11-12,16H,5,10H2,1-4H3,(H,17,18). The normalized spacial score (nSPS) is 12.5. The van der Waals surface area contributed by atoms with Crippen molar-refractivity contribution in [3.05, 3.63) is 29.8 Å². The molecular formula is C15H24N2OS. The fraction of sp³-hybridized carbons (Fsp3) is 0.533. The Morgan fingerprint density at radius 2 is 1.84 bits per heavy atom. The molecule has 1 rings (SSSR count). The molecule has 1 unspecified atom stereocenters. The lowest BCUT2D eigenvalue weighted by atomic mass is 10.1. The molecule has 0 radical (unpaired) electrons. The van der Waals surface area contributed by atoms with E-state index in [1.165, 1.54) is 5.56 Å². The van der Waals surface area contributed by atoms with Crippen molar-refractivity contribution in [2.45, 2.75) is 44.7 Å². The molecular weight excluding hydrogens is 256 g/mol. The number of carbonyl (C=O) groups excluding carboxylic acids is 1. The molecule has 4 heteroatoms. The topological polar surface area (TPSA) is 41.1 Å². The van der Waals surface area contributed by atoms with E-state index >= 15 is 0 Å². The Kier molecular flexibility index (Phi) is 6.95. The van der Waals surface area contributed by atoms with Crippen molar-refractivity contribution in [1.29, 1.82) is 0 Å². The molecule has 1 amide bonds. The van der Waals surface area contributed by atoms with Crippen LogP contribution in [0.2, 0.25) is 0 Å². The van der Waals surface area contributed by atoms with E-state index in [0.29, 0.717) is 11.8 Å². The van der Waals surface area contributed by atoms with Gasteiger partial charge >= 0.3 is 0 Å². The first-order valence-corrected chi connectivity index (χ1v) is 7.77. The van der Waals surface area contributed by atoms with Gasteiger partial charge in [-0.15, -0.1) is 11.8 Å². The third kappa shape index (κ3) is 6.12. The van der Waals surface area contributed by atoms with Crippen molar-refractivity contribution < 1.29 is 4.79 Å². The lowest BCUT2D eigenvalue weighted by Gasteiger charge is -2.13. The third-order valence-corrected chi connectivity index (χ3v) is 3.72. The summed E-state index contributed by atoms with van der Waals surface area (Å²) >= 11 is 1.57. The maximum absolute atomic E-state index is 11.5. The highest BCUT2D eigenvalue weighted by Gasteiger charge is 2.06. The molecule has 0 aromatic heterocycles. The van der Waals surface area contributed by atoms with Crippen molar-refractivity contribution in [3.8, 4) is 0 Å². The van der Waals surface area contributed by atoms with Crippen LogP contribution in [0.1, 0.15) is 39.3 Å².